The van der Waals surface area contributed by atoms with E-state index in [1.165, 1.54) is 0 Å². The number of ketones is 1. The lowest BCUT2D eigenvalue weighted by molar-refractivity contribution is -0.117. The minimum Gasteiger partial charge on any atom is -0.350 e. The molecule has 2 unspecified atom stereocenters. The number of carbonyl (C=O) groups is 2. The molecule has 3 nitrogen and oxygen atoms in total. The SMILES string of the molecule is CCC(C)C(Cl)C1=C(C(=O)NC(C)C)C(=O)c2ccccc21. The summed E-state index contributed by atoms with van der Waals surface area (Å²) in [5.74, 6) is -0.379. The van der Waals surface area contributed by atoms with E-state index in [2.05, 4.69) is 12.2 Å². The van der Waals surface area contributed by atoms with Gasteiger partial charge in [-0.05, 0) is 30.9 Å². The van der Waals surface area contributed by atoms with Gasteiger partial charge in [0, 0.05) is 11.6 Å². The first kappa shape index (κ1) is 16.8. The minimum absolute atomic E-state index is 0.0323. The van der Waals surface area contributed by atoms with E-state index < -0.39 is 0 Å². The van der Waals surface area contributed by atoms with Gasteiger partial charge in [0.05, 0.1) is 11.0 Å². The van der Waals surface area contributed by atoms with E-state index in [0.717, 1.165) is 12.0 Å². The van der Waals surface area contributed by atoms with E-state index >= 15 is 0 Å². The fraction of sp³-hybridized carbons (Fsp3) is 0.444. The van der Waals surface area contributed by atoms with Gasteiger partial charge in [0.2, 0.25) is 0 Å². The number of hydrogen-bond donors (Lipinski definition) is 1. The summed E-state index contributed by atoms with van der Waals surface area (Å²) >= 11 is 6.62. The van der Waals surface area contributed by atoms with Gasteiger partial charge < -0.3 is 5.32 Å². The molecule has 0 radical (unpaired) electrons. The molecule has 22 heavy (non-hydrogen) atoms. The van der Waals surface area contributed by atoms with Crippen LogP contribution in [0, 0.1) is 5.92 Å². The zero-order valence-electron chi connectivity index (χ0n) is 13.4. The molecule has 1 amide bonds. The minimum atomic E-state index is -0.356. The van der Waals surface area contributed by atoms with E-state index in [1.807, 2.05) is 39.0 Å². The molecule has 0 aliphatic heterocycles. The second-order valence-corrected chi connectivity index (χ2v) is 6.55. The summed E-state index contributed by atoms with van der Waals surface area (Å²) in [5.41, 5.74) is 2.24. The van der Waals surface area contributed by atoms with Crippen molar-refractivity contribution in [3.8, 4) is 0 Å². The van der Waals surface area contributed by atoms with Crippen LogP contribution >= 0.6 is 11.6 Å². The number of Topliss-reactive ketones (excluding diaryl/α,β-unsaturated/α-hetero) is 1. The molecule has 1 aliphatic carbocycles. The number of carbonyl (C=O) groups excluding carboxylic acids is 2. The lowest BCUT2D eigenvalue weighted by Gasteiger charge is -2.20. The van der Waals surface area contributed by atoms with Gasteiger partial charge in [0.15, 0.2) is 5.78 Å². The molecule has 0 heterocycles. The van der Waals surface area contributed by atoms with Crippen molar-refractivity contribution in [2.24, 2.45) is 5.92 Å². The van der Waals surface area contributed by atoms with Gasteiger partial charge >= 0.3 is 0 Å². The first-order chi connectivity index (χ1) is 10.4. The highest BCUT2D eigenvalue weighted by molar-refractivity contribution is 6.39. The molecule has 1 aliphatic rings. The van der Waals surface area contributed by atoms with Crippen LogP contribution in [0.15, 0.2) is 29.8 Å². The number of hydrogen-bond acceptors (Lipinski definition) is 2. The van der Waals surface area contributed by atoms with Gasteiger partial charge in [-0.2, -0.15) is 0 Å². The molecule has 1 aromatic rings. The Morgan fingerprint density at radius 1 is 1.18 bits per heavy atom. The van der Waals surface area contributed by atoms with E-state index in [0.29, 0.717) is 11.1 Å². The highest BCUT2D eigenvalue weighted by atomic mass is 35.5. The molecule has 2 atom stereocenters. The van der Waals surface area contributed by atoms with E-state index in [4.69, 9.17) is 11.6 Å². The normalized spacial score (nSPS) is 16.7. The molecular formula is C18H22ClNO2. The zero-order valence-corrected chi connectivity index (χ0v) is 14.2. The van der Waals surface area contributed by atoms with Gasteiger partial charge in [-0.15, -0.1) is 11.6 Å². The number of halogens is 1. The Morgan fingerprint density at radius 2 is 1.77 bits per heavy atom. The third-order valence-electron chi connectivity index (χ3n) is 4.02. The summed E-state index contributed by atoms with van der Waals surface area (Å²) in [6, 6.07) is 7.28. The Morgan fingerprint density at radius 3 is 2.32 bits per heavy atom. The summed E-state index contributed by atoms with van der Waals surface area (Å²) < 4.78 is 0. The van der Waals surface area contributed by atoms with Crippen molar-refractivity contribution >= 4 is 28.9 Å². The number of allylic oxidation sites excluding steroid dienone is 1. The Kier molecular flexibility index (Phi) is 5.07. The maximum atomic E-state index is 12.7. The predicted molar refractivity (Wildman–Crippen MR) is 90.1 cm³/mol. The van der Waals surface area contributed by atoms with Gasteiger partial charge in [0.1, 0.15) is 0 Å². The first-order valence-electron chi connectivity index (χ1n) is 7.71. The molecule has 0 saturated heterocycles. The summed E-state index contributed by atoms with van der Waals surface area (Å²) in [6.07, 6.45) is 0.882. The van der Waals surface area contributed by atoms with Crippen molar-refractivity contribution in [3.05, 3.63) is 41.0 Å². The van der Waals surface area contributed by atoms with Gasteiger partial charge in [-0.25, -0.2) is 0 Å². The molecule has 0 bridgehead atoms. The fourth-order valence-electron chi connectivity index (χ4n) is 2.65. The summed E-state index contributed by atoms with van der Waals surface area (Å²) in [5, 5.41) is 2.46. The Hall–Kier alpha value is -1.61. The molecule has 4 heteroatoms. The lowest BCUT2D eigenvalue weighted by Crippen LogP contribution is -2.34. The highest BCUT2D eigenvalue weighted by Gasteiger charge is 2.37. The Labute approximate surface area is 136 Å². The van der Waals surface area contributed by atoms with Crippen molar-refractivity contribution in [2.75, 3.05) is 0 Å². The summed E-state index contributed by atoms with van der Waals surface area (Å²) in [6.45, 7) is 7.83. The predicted octanol–water partition coefficient (Wildman–Crippen LogP) is 3.81. The standard InChI is InChI=1S/C18H22ClNO2/c1-5-11(4)16(19)14-12-8-6-7-9-13(12)17(21)15(14)18(22)20-10(2)3/h6-11,16H,5H2,1-4H3,(H,20,22). The average Bonchev–Trinajstić information content (AvgIpc) is 2.78. The summed E-state index contributed by atoms with van der Waals surface area (Å²) in [4.78, 5) is 25.2. The number of amides is 1. The zero-order chi connectivity index (χ0) is 16.4. The van der Waals surface area contributed by atoms with Gasteiger partial charge in [-0.1, -0.05) is 44.5 Å². The summed E-state index contributed by atoms with van der Waals surface area (Å²) in [7, 11) is 0. The van der Waals surface area contributed by atoms with Gasteiger partial charge in [-0.3, -0.25) is 9.59 Å². The number of fused-ring (bicyclic) bond motifs is 1. The third kappa shape index (κ3) is 2.95. The second kappa shape index (κ2) is 6.66. The van der Waals surface area contributed by atoms with Gasteiger partial charge in [0.25, 0.3) is 5.91 Å². The van der Waals surface area contributed by atoms with Crippen molar-refractivity contribution in [1.29, 1.82) is 0 Å². The van der Waals surface area contributed by atoms with Crippen molar-refractivity contribution in [2.45, 2.75) is 45.5 Å². The Bertz CT molecular complexity index is 634. The molecule has 1 N–H and O–H groups in total. The largest absolute Gasteiger partial charge is 0.350 e. The maximum Gasteiger partial charge on any atom is 0.255 e. The number of nitrogens with one attached hydrogen (secondary N) is 1. The average molecular weight is 320 g/mol. The van der Waals surface area contributed by atoms with Crippen molar-refractivity contribution in [3.63, 3.8) is 0 Å². The van der Waals surface area contributed by atoms with Crippen molar-refractivity contribution in [1.82, 2.24) is 5.32 Å². The van der Waals surface area contributed by atoms with E-state index in [1.54, 1.807) is 6.07 Å². The van der Waals surface area contributed by atoms with Crippen LogP contribution in [0.4, 0.5) is 0 Å². The first-order valence-corrected chi connectivity index (χ1v) is 8.15. The Balaban J connectivity index is 2.57. The molecule has 0 saturated carbocycles. The quantitative estimate of drug-likeness (QED) is 0.662. The molecule has 0 spiro atoms. The lowest BCUT2D eigenvalue weighted by atomic mass is 9.92. The molecule has 0 fully saturated rings. The number of alkyl halides is 1. The molecule has 1 aromatic carbocycles. The fourth-order valence-corrected chi connectivity index (χ4v) is 3.05. The van der Waals surface area contributed by atoms with Crippen LogP contribution in [-0.4, -0.2) is 23.1 Å². The molecule has 2 rings (SSSR count). The number of rotatable bonds is 5. The van der Waals surface area contributed by atoms with Crippen LogP contribution in [0.25, 0.3) is 5.57 Å². The molecule has 118 valence electrons. The van der Waals surface area contributed by atoms with Crippen LogP contribution in [0.2, 0.25) is 0 Å². The van der Waals surface area contributed by atoms with Crippen LogP contribution < -0.4 is 5.32 Å². The van der Waals surface area contributed by atoms with Crippen LogP contribution in [0.5, 0.6) is 0 Å². The third-order valence-corrected chi connectivity index (χ3v) is 4.67. The van der Waals surface area contributed by atoms with Crippen LogP contribution in [-0.2, 0) is 4.79 Å². The van der Waals surface area contributed by atoms with Crippen molar-refractivity contribution < 1.29 is 9.59 Å². The molecule has 0 aromatic heterocycles. The smallest absolute Gasteiger partial charge is 0.255 e. The van der Waals surface area contributed by atoms with E-state index in [-0.39, 0.29) is 34.6 Å². The molecular weight excluding hydrogens is 298 g/mol. The number of benzene rings is 1. The highest BCUT2D eigenvalue weighted by Crippen LogP contribution is 2.40. The van der Waals surface area contributed by atoms with Crippen LogP contribution in [0.3, 0.4) is 0 Å². The topological polar surface area (TPSA) is 46.2 Å². The van der Waals surface area contributed by atoms with Crippen LogP contribution in [0.1, 0.15) is 50.0 Å². The second-order valence-electron chi connectivity index (χ2n) is 6.08. The van der Waals surface area contributed by atoms with E-state index in [9.17, 15) is 9.59 Å². The maximum absolute atomic E-state index is 12.7. The monoisotopic (exact) mass is 319 g/mol.